The first kappa shape index (κ1) is 17.0. The maximum absolute atomic E-state index is 3.45. The van der Waals surface area contributed by atoms with Crippen molar-refractivity contribution in [3.63, 3.8) is 0 Å². The Morgan fingerprint density at radius 1 is 1.00 bits per heavy atom. The van der Waals surface area contributed by atoms with Crippen LogP contribution in [0.4, 0.5) is 0 Å². The molecule has 0 aromatic heterocycles. The van der Waals surface area contributed by atoms with E-state index in [0.717, 1.165) is 12.0 Å². The third kappa shape index (κ3) is 7.31. The molecule has 2 atom stereocenters. The van der Waals surface area contributed by atoms with E-state index in [2.05, 4.69) is 31.1 Å². The van der Waals surface area contributed by atoms with E-state index in [1.165, 1.54) is 77.4 Å². The summed E-state index contributed by atoms with van der Waals surface area (Å²) in [4.78, 5) is 2.68. The standard InChI is InChI=1S/C17H36N2/c1-4-5-6-7-8-9-10-11-13-19-14-12-17(18-3)16(2)15-19/h16-18H,4-15H2,1-3H3. The molecule has 0 bridgehead atoms. The molecule has 0 amide bonds. The SMILES string of the molecule is CCCCCCCCCCN1CCC(NC)C(C)C1. The Bertz CT molecular complexity index is 205. The zero-order valence-corrected chi connectivity index (χ0v) is 13.6. The summed E-state index contributed by atoms with van der Waals surface area (Å²) in [7, 11) is 2.11. The van der Waals surface area contributed by atoms with Crippen LogP contribution in [0.5, 0.6) is 0 Å². The molecule has 1 rings (SSSR count). The van der Waals surface area contributed by atoms with Gasteiger partial charge in [0.05, 0.1) is 0 Å². The number of nitrogens with zero attached hydrogens (tertiary/aromatic N) is 1. The molecule has 2 nitrogen and oxygen atoms in total. The van der Waals surface area contributed by atoms with Crippen molar-refractivity contribution in [2.45, 2.75) is 77.7 Å². The molecule has 2 unspecified atom stereocenters. The van der Waals surface area contributed by atoms with Gasteiger partial charge < -0.3 is 10.2 Å². The zero-order chi connectivity index (χ0) is 13.9. The fraction of sp³-hybridized carbons (Fsp3) is 1.00. The van der Waals surface area contributed by atoms with Crippen LogP contribution in [-0.4, -0.2) is 37.6 Å². The highest BCUT2D eigenvalue weighted by molar-refractivity contribution is 4.81. The fourth-order valence-corrected chi connectivity index (χ4v) is 3.33. The molecule has 0 aromatic rings. The second-order valence-corrected chi connectivity index (χ2v) is 6.44. The van der Waals surface area contributed by atoms with Crippen LogP contribution in [0, 0.1) is 5.92 Å². The Kier molecular flexibility index (Phi) is 9.54. The van der Waals surface area contributed by atoms with Gasteiger partial charge in [-0.25, -0.2) is 0 Å². The predicted octanol–water partition coefficient (Wildman–Crippen LogP) is 4.06. The minimum atomic E-state index is 0.745. The summed E-state index contributed by atoms with van der Waals surface area (Å²) >= 11 is 0. The first-order chi connectivity index (χ1) is 9.27. The lowest BCUT2D eigenvalue weighted by molar-refractivity contribution is 0.149. The van der Waals surface area contributed by atoms with Gasteiger partial charge in [-0.15, -0.1) is 0 Å². The summed E-state index contributed by atoms with van der Waals surface area (Å²) in [6.07, 6.45) is 12.8. The maximum Gasteiger partial charge on any atom is 0.0114 e. The number of rotatable bonds is 10. The van der Waals surface area contributed by atoms with E-state index < -0.39 is 0 Å². The molecular weight excluding hydrogens is 232 g/mol. The normalized spacial score (nSPS) is 24.8. The molecule has 1 N–H and O–H groups in total. The smallest absolute Gasteiger partial charge is 0.0114 e. The van der Waals surface area contributed by atoms with Gasteiger partial charge >= 0.3 is 0 Å². The summed E-state index contributed by atoms with van der Waals surface area (Å²) in [6, 6.07) is 0.745. The average molecular weight is 268 g/mol. The second kappa shape index (κ2) is 10.7. The number of piperidine rings is 1. The van der Waals surface area contributed by atoms with E-state index in [-0.39, 0.29) is 0 Å². The molecule has 19 heavy (non-hydrogen) atoms. The van der Waals surface area contributed by atoms with Crippen LogP contribution < -0.4 is 5.32 Å². The summed E-state index contributed by atoms with van der Waals surface area (Å²) in [5.74, 6) is 0.813. The van der Waals surface area contributed by atoms with Gasteiger partial charge in [0.2, 0.25) is 0 Å². The third-order valence-corrected chi connectivity index (χ3v) is 4.69. The summed E-state index contributed by atoms with van der Waals surface area (Å²) in [5.41, 5.74) is 0. The Morgan fingerprint density at radius 2 is 1.63 bits per heavy atom. The van der Waals surface area contributed by atoms with Crippen molar-refractivity contribution in [3.05, 3.63) is 0 Å². The maximum atomic E-state index is 3.45. The molecule has 0 radical (unpaired) electrons. The van der Waals surface area contributed by atoms with Crippen molar-refractivity contribution in [3.8, 4) is 0 Å². The summed E-state index contributed by atoms with van der Waals surface area (Å²) in [5, 5.41) is 3.45. The monoisotopic (exact) mass is 268 g/mol. The van der Waals surface area contributed by atoms with Gasteiger partial charge in [0.1, 0.15) is 0 Å². The lowest BCUT2D eigenvalue weighted by atomic mass is 9.94. The van der Waals surface area contributed by atoms with Gasteiger partial charge in [-0.05, 0) is 38.9 Å². The quantitative estimate of drug-likeness (QED) is 0.601. The van der Waals surface area contributed by atoms with E-state index >= 15 is 0 Å². The lowest BCUT2D eigenvalue weighted by Crippen LogP contribution is -2.47. The molecule has 0 spiro atoms. The Balaban J connectivity index is 1.93. The Hall–Kier alpha value is -0.0800. The zero-order valence-electron chi connectivity index (χ0n) is 13.6. The van der Waals surface area contributed by atoms with Crippen LogP contribution in [0.2, 0.25) is 0 Å². The molecular formula is C17H36N2. The number of unbranched alkanes of at least 4 members (excludes halogenated alkanes) is 7. The van der Waals surface area contributed by atoms with E-state index in [1.54, 1.807) is 0 Å². The number of nitrogens with one attached hydrogen (secondary N) is 1. The lowest BCUT2D eigenvalue weighted by Gasteiger charge is -2.36. The van der Waals surface area contributed by atoms with Crippen molar-refractivity contribution in [1.82, 2.24) is 10.2 Å². The van der Waals surface area contributed by atoms with Crippen molar-refractivity contribution < 1.29 is 0 Å². The van der Waals surface area contributed by atoms with Gasteiger partial charge in [0, 0.05) is 12.6 Å². The number of hydrogen-bond acceptors (Lipinski definition) is 2. The Morgan fingerprint density at radius 3 is 2.21 bits per heavy atom. The molecule has 1 aliphatic heterocycles. The molecule has 0 aromatic carbocycles. The van der Waals surface area contributed by atoms with Crippen LogP contribution in [0.3, 0.4) is 0 Å². The first-order valence-corrected chi connectivity index (χ1v) is 8.67. The van der Waals surface area contributed by atoms with Crippen LogP contribution in [0.15, 0.2) is 0 Å². The molecule has 1 saturated heterocycles. The third-order valence-electron chi connectivity index (χ3n) is 4.69. The van der Waals surface area contributed by atoms with E-state index in [4.69, 9.17) is 0 Å². The molecule has 1 aliphatic rings. The molecule has 2 heteroatoms. The van der Waals surface area contributed by atoms with E-state index in [0.29, 0.717) is 0 Å². The molecule has 0 saturated carbocycles. The second-order valence-electron chi connectivity index (χ2n) is 6.44. The van der Waals surface area contributed by atoms with Crippen LogP contribution in [-0.2, 0) is 0 Å². The van der Waals surface area contributed by atoms with Gasteiger partial charge in [-0.2, -0.15) is 0 Å². The summed E-state index contributed by atoms with van der Waals surface area (Å²) in [6.45, 7) is 8.60. The summed E-state index contributed by atoms with van der Waals surface area (Å²) < 4.78 is 0. The van der Waals surface area contributed by atoms with E-state index in [1.807, 2.05) is 0 Å². The highest BCUT2D eigenvalue weighted by Gasteiger charge is 2.23. The average Bonchev–Trinajstić information content (AvgIpc) is 2.42. The van der Waals surface area contributed by atoms with Crippen LogP contribution >= 0.6 is 0 Å². The van der Waals surface area contributed by atoms with Crippen molar-refractivity contribution in [2.24, 2.45) is 5.92 Å². The largest absolute Gasteiger partial charge is 0.317 e. The van der Waals surface area contributed by atoms with Crippen molar-refractivity contribution >= 4 is 0 Å². The molecule has 1 heterocycles. The predicted molar refractivity (Wildman–Crippen MR) is 85.7 cm³/mol. The first-order valence-electron chi connectivity index (χ1n) is 8.67. The molecule has 0 aliphatic carbocycles. The number of likely N-dealkylation sites (tertiary alicyclic amines) is 1. The minimum Gasteiger partial charge on any atom is -0.317 e. The van der Waals surface area contributed by atoms with Gasteiger partial charge in [-0.3, -0.25) is 0 Å². The van der Waals surface area contributed by atoms with Gasteiger partial charge in [0.15, 0.2) is 0 Å². The van der Waals surface area contributed by atoms with Crippen LogP contribution in [0.25, 0.3) is 0 Å². The number of hydrogen-bond donors (Lipinski definition) is 1. The molecule has 114 valence electrons. The van der Waals surface area contributed by atoms with Crippen molar-refractivity contribution in [1.29, 1.82) is 0 Å². The highest BCUT2D eigenvalue weighted by atomic mass is 15.1. The Labute approximate surface area is 121 Å². The van der Waals surface area contributed by atoms with Crippen molar-refractivity contribution in [2.75, 3.05) is 26.7 Å². The highest BCUT2D eigenvalue weighted by Crippen LogP contribution is 2.17. The van der Waals surface area contributed by atoms with Gasteiger partial charge in [0.25, 0.3) is 0 Å². The fourth-order valence-electron chi connectivity index (χ4n) is 3.33. The van der Waals surface area contributed by atoms with E-state index in [9.17, 15) is 0 Å². The topological polar surface area (TPSA) is 15.3 Å². The minimum absolute atomic E-state index is 0.745. The van der Waals surface area contributed by atoms with Gasteiger partial charge in [-0.1, -0.05) is 58.8 Å². The van der Waals surface area contributed by atoms with Crippen LogP contribution in [0.1, 0.15) is 71.6 Å². The molecule has 1 fully saturated rings.